The summed E-state index contributed by atoms with van der Waals surface area (Å²) >= 11 is 0. The first kappa shape index (κ1) is 43.8. The molecular weight excluding hydrogens is 871 g/mol. The Bertz CT molecular complexity index is 3640. The SMILES string of the molecule is CC(C)(C)c1ccc2c(c1)C1(c3cc(C(C)(C)C)ccc3O2)c2ccccc2-c2ccc(N(c3ccc4c(c3)C(c3ccccc3)(c3ccccc3)c3ccccc3-4)c3ccccc3-c3ccccc3)cc21. The van der Waals surface area contributed by atoms with Gasteiger partial charge < -0.3 is 9.64 Å². The summed E-state index contributed by atoms with van der Waals surface area (Å²) in [4.78, 5) is 2.53. The van der Waals surface area contributed by atoms with Crippen LogP contribution in [0.15, 0.2) is 237 Å². The fraction of sp³-hybridized carbons (Fsp3) is 0.143. The molecule has 1 spiro atoms. The number of hydrogen-bond acceptors (Lipinski definition) is 2. The van der Waals surface area contributed by atoms with Gasteiger partial charge in [-0.3, -0.25) is 0 Å². The van der Waals surface area contributed by atoms with E-state index in [1.165, 1.54) is 77.9 Å². The number of hydrogen-bond donors (Lipinski definition) is 0. The first-order valence-corrected chi connectivity index (χ1v) is 25.5. The average Bonchev–Trinajstić information content (AvgIpc) is 3.86. The molecule has 1 aliphatic heterocycles. The highest BCUT2D eigenvalue weighted by molar-refractivity contribution is 5.95. The molecule has 10 aromatic rings. The molecule has 348 valence electrons. The molecule has 0 N–H and O–H groups in total. The Morgan fingerprint density at radius 2 is 0.722 bits per heavy atom. The van der Waals surface area contributed by atoms with Crippen LogP contribution in [0.3, 0.4) is 0 Å². The number of ether oxygens (including phenoxy) is 1. The first-order chi connectivity index (χ1) is 35.0. The van der Waals surface area contributed by atoms with Crippen molar-refractivity contribution < 1.29 is 4.74 Å². The zero-order valence-corrected chi connectivity index (χ0v) is 41.9. The van der Waals surface area contributed by atoms with Crippen LogP contribution < -0.4 is 9.64 Å². The van der Waals surface area contributed by atoms with Crippen LogP contribution in [0.4, 0.5) is 17.1 Å². The summed E-state index contributed by atoms with van der Waals surface area (Å²) in [5, 5.41) is 0. The molecule has 0 radical (unpaired) electrons. The van der Waals surface area contributed by atoms with Crippen molar-refractivity contribution in [3.05, 3.63) is 292 Å². The molecule has 0 amide bonds. The van der Waals surface area contributed by atoms with Gasteiger partial charge in [0, 0.05) is 28.1 Å². The molecule has 1 heterocycles. The van der Waals surface area contributed by atoms with Crippen LogP contribution in [0.2, 0.25) is 0 Å². The average molecular weight is 928 g/mol. The Labute approximate surface area is 424 Å². The maximum Gasteiger partial charge on any atom is 0.132 e. The maximum absolute atomic E-state index is 7.06. The highest BCUT2D eigenvalue weighted by Gasteiger charge is 2.52. The zero-order valence-electron chi connectivity index (χ0n) is 41.9. The largest absolute Gasteiger partial charge is 0.457 e. The molecule has 0 aromatic heterocycles. The first-order valence-electron chi connectivity index (χ1n) is 25.5. The Morgan fingerprint density at radius 3 is 1.22 bits per heavy atom. The molecule has 0 bridgehead atoms. The number of nitrogens with zero attached hydrogens (tertiary/aromatic N) is 1. The molecular formula is C70H57NO. The summed E-state index contributed by atoms with van der Waals surface area (Å²) in [7, 11) is 0. The van der Waals surface area contributed by atoms with E-state index in [1.807, 2.05) is 0 Å². The molecule has 13 rings (SSSR count). The lowest BCUT2D eigenvalue weighted by Crippen LogP contribution is -2.33. The second-order valence-electron chi connectivity index (χ2n) is 22.0. The predicted octanol–water partition coefficient (Wildman–Crippen LogP) is 18.3. The third kappa shape index (κ3) is 6.41. The quantitative estimate of drug-likeness (QED) is 0.165. The van der Waals surface area contributed by atoms with E-state index in [2.05, 4.69) is 283 Å². The number of para-hydroxylation sites is 1. The van der Waals surface area contributed by atoms with Crippen LogP contribution in [-0.2, 0) is 21.7 Å². The van der Waals surface area contributed by atoms with E-state index >= 15 is 0 Å². The molecule has 0 unspecified atom stereocenters. The Balaban J connectivity index is 1.13. The van der Waals surface area contributed by atoms with Gasteiger partial charge in [-0.05, 0) is 138 Å². The van der Waals surface area contributed by atoms with Gasteiger partial charge in [0.2, 0.25) is 0 Å². The molecule has 2 aliphatic carbocycles. The fourth-order valence-corrected chi connectivity index (χ4v) is 12.5. The van der Waals surface area contributed by atoms with E-state index in [4.69, 9.17) is 4.74 Å². The van der Waals surface area contributed by atoms with Gasteiger partial charge in [0.1, 0.15) is 11.5 Å². The van der Waals surface area contributed by atoms with Crippen molar-refractivity contribution in [3.8, 4) is 44.9 Å². The minimum atomic E-state index is -0.687. The van der Waals surface area contributed by atoms with Crippen LogP contribution in [0, 0.1) is 0 Å². The van der Waals surface area contributed by atoms with Crippen molar-refractivity contribution in [1.29, 1.82) is 0 Å². The Hall–Kier alpha value is -8.20. The standard InChI is InChI=1S/C70H57NO/c1-67(2,3)49-34-40-65-62(42-49)70(63-43-50(68(4,5)6)35-41-66(63)72-65)59-32-20-17-30-55(59)57-39-37-52(45-61(57)70)71(64-33-21-18-28-53(64)46-22-10-7-11-23-46)51-36-38-56-54-29-16-19-31-58(54)69(60(56)44-51,47-24-12-8-13-25-47)48-26-14-9-15-27-48/h7-45H,1-6H3. The lowest BCUT2D eigenvalue weighted by Gasteiger charge is -2.41. The maximum atomic E-state index is 7.06. The van der Waals surface area contributed by atoms with E-state index in [1.54, 1.807) is 0 Å². The van der Waals surface area contributed by atoms with Gasteiger partial charge in [0.05, 0.1) is 16.5 Å². The number of benzene rings is 10. The zero-order chi connectivity index (χ0) is 49.0. The number of anilines is 3. The fourth-order valence-electron chi connectivity index (χ4n) is 12.5. The van der Waals surface area contributed by atoms with E-state index < -0.39 is 10.8 Å². The van der Waals surface area contributed by atoms with E-state index in [0.717, 1.165) is 39.7 Å². The van der Waals surface area contributed by atoms with Gasteiger partial charge in [0.25, 0.3) is 0 Å². The monoisotopic (exact) mass is 927 g/mol. The molecule has 3 aliphatic rings. The van der Waals surface area contributed by atoms with E-state index in [0.29, 0.717) is 0 Å². The summed E-state index contributed by atoms with van der Waals surface area (Å²) in [6.45, 7) is 13.9. The van der Waals surface area contributed by atoms with Crippen LogP contribution in [0.1, 0.15) is 97.2 Å². The number of fused-ring (bicyclic) bond motifs is 12. The molecule has 10 aromatic carbocycles. The van der Waals surface area contributed by atoms with Crippen molar-refractivity contribution in [2.75, 3.05) is 4.90 Å². The van der Waals surface area contributed by atoms with E-state index in [-0.39, 0.29) is 10.8 Å². The highest BCUT2D eigenvalue weighted by atomic mass is 16.5. The highest BCUT2D eigenvalue weighted by Crippen LogP contribution is 2.64. The minimum Gasteiger partial charge on any atom is -0.457 e. The molecule has 0 saturated carbocycles. The minimum absolute atomic E-state index is 0.0908. The van der Waals surface area contributed by atoms with Crippen molar-refractivity contribution in [1.82, 2.24) is 0 Å². The van der Waals surface area contributed by atoms with Crippen molar-refractivity contribution in [3.63, 3.8) is 0 Å². The second kappa shape index (κ2) is 16.2. The lowest BCUT2D eigenvalue weighted by molar-refractivity contribution is 0.433. The summed E-state index contributed by atoms with van der Waals surface area (Å²) < 4.78 is 7.06. The van der Waals surface area contributed by atoms with Gasteiger partial charge >= 0.3 is 0 Å². The lowest BCUT2D eigenvalue weighted by atomic mass is 9.64. The molecule has 2 heteroatoms. The molecule has 2 nitrogen and oxygen atoms in total. The van der Waals surface area contributed by atoms with Gasteiger partial charge in [-0.15, -0.1) is 0 Å². The van der Waals surface area contributed by atoms with Crippen LogP contribution in [0.25, 0.3) is 33.4 Å². The van der Waals surface area contributed by atoms with Crippen LogP contribution >= 0.6 is 0 Å². The summed E-state index contributed by atoms with van der Waals surface area (Å²) in [6, 6.07) is 88.6. The number of rotatable bonds is 6. The van der Waals surface area contributed by atoms with Gasteiger partial charge in [-0.2, -0.15) is 0 Å². The summed E-state index contributed by atoms with van der Waals surface area (Å²) in [5.74, 6) is 1.80. The third-order valence-electron chi connectivity index (χ3n) is 15.9. The topological polar surface area (TPSA) is 12.5 Å². The van der Waals surface area contributed by atoms with Crippen molar-refractivity contribution in [2.45, 2.75) is 63.2 Å². The predicted molar refractivity (Wildman–Crippen MR) is 299 cm³/mol. The Morgan fingerprint density at radius 1 is 0.319 bits per heavy atom. The Kier molecular flexibility index (Phi) is 9.83. The smallest absolute Gasteiger partial charge is 0.132 e. The summed E-state index contributed by atoms with van der Waals surface area (Å²) in [6.07, 6.45) is 0. The second-order valence-corrected chi connectivity index (χ2v) is 22.0. The molecule has 0 saturated heterocycles. The molecule has 72 heavy (non-hydrogen) atoms. The van der Waals surface area contributed by atoms with E-state index in [9.17, 15) is 0 Å². The van der Waals surface area contributed by atoms with Gasteiger partial charge in [-0.25, -0.2) is 0 Å². The van der Waals surface area contributed by atoms with Gasteiger partial charge in [-0.1, -0.05) is 224 Å². The summed E-state index contributed by atoms with van der Waals surface area (Å²) in [5.41, 5.74) is 21.7. The van der Waals surface area contributed by atoms with Gasteiger partial charge in [0.15, 0.2) is 0 Å². The van der Waals surface area contributed by atoms with Crippen molar-refractivity contribution in [2.24, 2.45) is 0 Å². The molecule has 0 atom stereocenters. The normalized spacial score (nSPS) is 14.3. The molecule has 0 fully saturated rings. The van der Waals surface area contributed by atoms with Crippen LogP contribution in [0.5, 0.6) is 11.5 Å². The third-order valence-corrected chi connectivity index (χ3v) is 15.9. The van der Waals surface area contributed by atoms with Crippen LogP contribution in [-0.4, -0.2) is 0 Å². The van der Waals surface area contributed by atoms with Crippen molar-refractivity contribution >= 4 is 17.1 Å².